The smallest absolute Gasteiger partial charge is 0.203 e. The maximum Gasteiger partial charge on any atom is 0.203 e. The zero-order valence-corrected chi connectivity index (χ0v) is 11.3. The molecule has 0 fully saturated rings. The number of nitrogens with two attached hydrogens (primary N) is 1. The number of thiophene rings is 1. The van der Waals surface area contributed by atoms with E-state index in [4.69, 9.17) is 5.73 Å². The zero-order valence-electron chi connectivity index (χ0n) is 9.62. The first-order valence-corrected chi connectivity index (χ1v) is 7.04. The van der Waals surface area contributed by atoms with E-state index in [1.54, 1.807) is 11.3 Å². The van der Waals surface area contributed by atoms with E-state index < -0.39 is 0 Å². The first-order valence-electron chi connectivity index (χ1n) is 5.35. The van der Waals surface area contributed by atoms with Crippen molar-refractivity contribution in [2.75, 3.05) is 5.73 Å². The molecule has 0 aliphatic heterocycles. The molecular formula is C12H10N4S2. The molecule has 0 atom stereocenters. The van der Waals surface area contributed by atoms with Gasteiger partial charge in [0, 0.05) is 11.3 Å². The summed E-state index contributed by atoms with van der Waals surface area (Å²) in [5, 5.41) is 11.2. The first-order chi connectivity index (χ1) is 8.74. The molecular weight excluding hydrogens is 264 g/mol. The van der Waals surface area contributed by atoms with Gasteiger partial charge in [0.15, 0.2) is 5.01 Å². The normalized spacial score (nSPS) is 10.7. The van der Waals surface area contributed by atoms with Crippen LogP contribution in [0.3, 0.4) is 0 Å². The standard InChI is InChI=1S/C12H10N4S2/c1-7-8(11-15-16-12(13)18-11)4-5-9(14-7)10-3-2-6-17-10/h2-6H,1H3,(H2,13,16). The highest BCUT2D eigenvalue weighted by Crippen LogP contribution is 2.30. The second-order valence-corrected chi connectivity index (χ2v) is 5.71. The molecule has 90 valence electrons. The van der Waals surface area contributed by atoms with E-state index in [1.165, 1.54) is 16.2 Å². The van der Waals surface area contributed by atoms with E-state index in [-0.39, 0.29) is 0 Å². The number of rotatable bonds is 2. The summed E-state index contributed by atoms with van der Waals surface area (Å²) in [7, 11) is 0. The minimum absolute atomic E-state index is 0.478. The number of aryl methyl sites for hydroxylation is 1. The monoisotopic (exact) mass is 274 g/mol. The van der Waals surface area contributed by atoms with Gasteiger partial charge in [0.2, 0.25) is 5.13 Å². The van der Waals surface area contributed by atoms with Gasteiger partial charge in [-0.2, -0.15) is 0 Å². The molecule has 0 aliphatic rings. The van der Waals surface area contributed by atoms with Gasteiger partial charge < -0.3 is 5.73 Å². The Balaban J connectivity index is 2.04. The van der Waals surface area contributed by atoms with Gasteiger partial charge in [0.1, 0.15) is 0 Å². The molecule has 3 aromatic rings. The molecule has 0 aromatic carbocycles. The molecule has 0 saturated carbocycles. The van der Waals surface area contributed by atoms with Gasteiger partial charge in [-0.1, -0.05) is 17.4 Å². The fourth-order valence-corrected chi connectivity index (χ4v) is 3.07. The molecule has 3 aromatic heterocycles. The first kappa shape index (κ1) is 11.3. The van der Waals surface area contributed by atoms with Crippen molar-refractivity contribution in [2.24, 2.45) is 0 Å². The highest BCUT2D eigenvalue weighted by molar-refractivity contribution is 7.18. The Morgan fingerprint density at radius 1 is 1.17 bits per heavy atom. The maximum atomic E-state index is 5.60. The molecule has 3 rings (SSSR count). The van der Waals surface area contributed by atoms with Crippen molar-refractivity contribution in [1.29, 1.82) is 0 Å². The Morgan fingerprint density at radius 2 is 2.06 bits per heavy atom. The van der Waals surface area contributed by atoms with E-state index in [0.717, 1.165) is 22.0 Å². The van der Waals surface area contributed by atoms with Crippen LogP contribution in [0.15, 0.2) is 29.6 Å². The zero-order chi connectivity index (χ0) is 12.5. The number of nitrogen functional groups attached to an aromatic ring is 1. The summed E-state index contributed by atoms with van der Waals surface area (Å²) in [6.45, 7) is 1.98. The molecule has 0 saturated heterocycles. The van der Waals surface area contributed by atoms with Crippen molar-refractivity contribution in [3.63, 3.8) is 0 Å². The molecule has 3 heterocycles. The molecule has 0 unspecified atom stereocenters. The van der Waals surface area contributed by atoms with Crippen molar-refractivity contribution in [1.82, 2.24) is 15.2 Å². The van der Waals surface area contributed by atoms with E-state index in [1.807, 2.05) is 30.5 Å². The lowest BCUT2D eigenvalue weighted by Crippen LogP contribution is -1.89. The lowest BCUT2D eigenvalue weighted by molar-refractivity contribution is 1.09. The van der Waals surface area contributed by atoms with Crippen molar-refractivity contribution in [3.8, 4) is 21.1 Å². The summed E-state index contributed by atoms with van der Waals surface area (Å²) in [6.07, 6.45) is 0. The summed E-state index contributed by atoms with van der Waals surface area (Å²) in [5.74, 6) is 0. The molecule has 0 aliphatic carbocycles. The van der Waals surface area contributed by atoms with Crippen LogP contribution in [-0.2, 0) is 0 Å². The summed E-state index contributed by atoms with van der Waals surface area (Å²) in [5.41, 5.74) is 8.52. The molecule has 18 heavy (non-hydrogen) atoms. The van der Waals surface area contributed by atoms with Gasteiger partial charge in [0.25, 0.3) is 0 Å². The lowest BCUT2D eigenvalue weighted by Gasteiger charge is -2.03. The van der Waals surface area contributed by atoms with Gasteiger partial charge in [-0.3, -0.25) is 4.98 Å². The molecule has 0 amide bonds. The summed E-state index contributed by atoms with van der Waals surface area (Å²) in [4.78, 5) is 5.78. The van der Waals surface area contributed by atoms with Crippen LogP contribution in [0.5, 0.6) is 0 Å². The Bertz CT molecular complexity index is 673. The minimum atomic E-state index is 0.478. The van der Waals surface area contributed by atoms with Crippen molar-refractivity contribution in [3.05, 3.63) is 35.3 Å². The largest absolute Gasteiger partial charge is 0.374 e. The molecule has 0 radical (unpaired) electrons. The molecule has 6 heteroatoms. The highest BCUT2D eigenvalue weighted by Gasteiger charge is 2.10. The van der Waals surface area contributed by atoms with Crippen LogP contribution in [0.4, 0.5) is 5.13 Å². The summed E-state index contributed by atoms with van der Waals surface area (Å²) in [6, 6.07) is 8.12. The Kier molecular flexibility index (Phi) is 2.81. The Labute approximate surface area is 112 Å². The van der Waals surface area contributed by atoms with Crippen LogP contribution in [-0.4, -0.2) is 15.2 Å². The second-order valence-electron chi connectivity index (χ2n) is 3.75. The topological polar surface area (TPSA) is 64.7 Å². The van der Waals surface area contributed by atoms with Gasteiger partial charge in [-0.25, -0.2) is 0 Å². The number of hydrogen-bond donors (Lipinski definition) is 1. The third kappa shape index (κ3) is 2.00. The Hall–Kier alpha value is -1.79. The molecule has 4 nitrogen and oxygen atoms in total. The minimum Gasteiger partial charge on any atom is -0.374 e. The fraction of sp³-hybridized carbons (Fsp3) is 0.0833. The van der Waals surface area contributed by atoms with E-state index >= 15 is 0 Å². The quantitative estimate of drug-likeness (QED) is 0.779. The van der Waals surface area contributed by atoms with Crippen LogP contribution >= 0.6 is 22.7 Å². The third-order valence-corrected chi connectivity index (χ3v) is 4.21. The number of nitrogens with zero attached hydrogens (tertiary/aromatic N) is 3. The van der Waals surface area contributed by atoms with Crippen molar-refractivity contribution in [2.45, 2.75) is 6.92 Å². The van der Waals surface area contributed by atoms with Gasteiger partial charge in [-0.15, -0.1) is 21.5 Å². The van der Waals surface area contributed by atoms with E-state index in [9.17, 15) is 0 Å². The predicted octanol–water partition coefficient (Wildman–Crippen LogP) is 3.22. The molecule has 2 N–H and O–H groups in total. The van der Waals surface area contributed by atoms with Gasteiger partial charge >= 0.3 is 0 Å². The predicted molar refractivity (Wildman–Crippen MR) is 75.6 cm³/mol. The van der Waals surface area contributed by atoms with Crippen LogP contribution < -0.4 is 5.73 Å². The fourth-order valence-electron chi connectivity index (χ4n) is 1.69. The van der Waals surface area contributed by atoms with E-state index in [0.29, 0.717) is 5.13 Å². The van der Waals surface area contributed by atoms with Crippen LogP contribution in [0, 0.1) is 6.92 Å². The van der Waals surface area contributed by atoms with Gasteiger partial charge in [-0.05, 0) is 30.5 Å². The number of hydrogen-bond acceptors (Lipinski definition) is 6. The lowest BCUT2D eigenvalue weighted by atomic mass is 10.2. The van der Waals surface area contributed by atoms with Crippen molar-refractivity contribution < 1.29 is 0 Å². The summed E-state index contributed by atoms with van der Waals surface area (Å²) >= 11 is 3.06. The summed E-state index contributed by atoms with van der Waals surface area (Å²) < 4.78 is 0. The van der Waals surface area contributed by atoms with Crippen LogP contribution in [0.1, 0.15) is 5.69 Å². The average molecular weight is 274 g/mol. The maximum absolute atomic E-state index is 5.60. The average Bonchev–Trinajstić information content (AvgIpc) is 2.99. The molecule has 0 bridgehead atoms. The number of pyridine rings is 1. The highest BCUT2D eigenvalue weighted by atomic mass is 32.1. The number of anilines is 1. The van der Waals surface area contributed by atoms with E-state index in [2.05, 4.69) is 21.2 Å². The Morgan fingerprint density at radius 3 is 2.67 bits per heavy atom. The SMILES string of the molecule is Cc1nc(-c2cccs2)ccc1-c1nnc(N)s1. The molecule has 0 spiro atoms. The van der Waals surface area contributed by atoms with Crippen molar-refractivity contribution >= 4 is 27.8 Å². The second kappa shape index (κ2) is 4.47. The van der Waals surface area contributed by atoms with Gasteiger partial charge in [0.05, 0.1) is 10.6 Å². The third-order valence-electron chi connectivity index (χ3n) is 2.53. The number of aromatic nitrogens is 3. The van der Waals surface area contributed by atoms with Crippen LogP contribution in [0.25, 0.3) is 21.1 Å². The van der Waals surface area contributed by atoms with Crippen LogP contribution in [0.2, 0.25) is 0 Å².